The van der Waals surface area contributed by atoms with Gasteiger partial charge in [-0.25, -0.2) is 9.59 Å². The molecule has 21 heavy (non-hydrogen) atoms. The van der Waals surface area contributed by atoms with E-state index in [-0.39, 0.29) is 6.03 Å². The highest BCUT2D eigenvalue weighted by molar-refractivity contribution is 5.93. The zero-order valence-corrected chi connectivity index (χ0v) is 11.7. The molecule has 1 fully saturated rings. The number of carbonyl (C=O) groups excluding carboxylic acids is 3. The second-order valence-electron chi connectivity index (χ2n) is 4.63. The Morgan fingerprint density at radius 3 is 2.57 bits per heavy atom. The Bertz CT molecular complexity index is 539. The van der Waals surface area contributed by atoms with E-state index in [0.29, 0.717) is 37.4 Å². The Morgan fingerprint density at radius 2 is 1.95 bits per heavy atom. The summed E-state index contributed by atoms with van der Waals surface area (Å²) in [6.45, 7) is 2.03. The van der Waals surface area contributed by atoms with Crippen LogP contribution in [-0.2, 0) is 9.53 Å². The van der Waals surface area contributed by atoms with Crippen molar-refractivity contribution in [2.75, 3.05) is 38.6 Å². The molecule has 7 heteroatoms. The number of carbonyl (C=O) groups is 3. The predicted octanol–water partition coefficient (Wildman–Crippen LogP) is 0.779. The van der Waals surface area contributed by atoms with Crippen LogP contribution in [0.2, 0.25) is 0 Å². The molecule has 0 aliphatic carbocycles. The summed E-state index contributed by atoms with van der Waals surface area (Å²) in [6.07, 6.45) is 0.787. The van der Waals surface area contributed by atoms with E-state index in [2.05, 4.69) is 10.1 Å². The second-order valence-corrected chi connectivity index (χ2v) is 4.63. The number of piperazine rings is 1. The van der Waals surface area contributed by atoms with Crippen molar-refractivity contribution >= 4 is 24.1 Å². The summed E-state index contributed by atoms with van der Waals surface area (Å²) >= 11 is 0. The Labute approximate surface area is 122 Å². The molecule has 1 aromatic carbocycles. The zero-order chi connectivity index (χ0) is 15.2. The van der Waals surface area contributed by atoms with Crippen molar-refractivity contribution in [2.45, 2.75) is 0 Å². The molecule has 0 radical (unpaired) electrons. The number of hydrogen-bond acceptors (Lipinski definition) is 4. The maximum absolute atomic E-state index is 12.1. The van der Waals surface area contributed by atoms with Gasteiger partial charge < -0.3 is 19.9 Å². The standard InChI is InChI=1S/C14H17N3O4/c1-21-13(19)11-3-2-4-12(9-11)15-14(20)17-7-5-16(10-18)6-8-17/h2-4,9-10H,5-8H2,1H3,(H,15,20). The first-order valence-corrected chi connectivity index (χ1v) is 6.57. The number of anilines is 1. The minimum Gasteiger partial charge on any atom is -0.465 e. The average Bonchev–Trinajstić information content (AvgIpc) is 2.54. The van der Waals surface area contributed by atoms with Gasteiger partial charge in [0.1, 0.15) is 0 Å². The average molecular weight is 291 g/mol. The van der Waals surface area contributed by atoms with Gasteiger partial charge in [-0.3, -0.25) is 4.79 Å². The highest BCUT2D eigenvalue weighted by atomic mass is 16.5. The minimum atomic E-state index is -0.453. The van der Waals surface area contributed by atoms with E-state index in [9.17, 15) is 14.4 Å². The van der Waals surface area contributed by atoms with Gasteiger partial charge >= 0.3 is 12.0 Å². The first kappa shape index (κ1) is 14.8. The topological polar surface area (TPSA) is 79.0 Å². The van der Waals surface area contributed by atoms with E-state index in [1.807, 2.05) is 0 Å². The van der Waals surface area contributed by atoms with Crippen molar-refractivity contribution in [3.05, 3.63) is 29.8 Å². The zero-order valence-electron chi connectivity index (χ0n) is 11.7. The maximum atomic E-state index is 12.1. The Hall–Kier alpha value is -2.57. The molecule has 1 N–H and O–H groups in total. The lowest BCUT2D eigenvalue weighted by Crippen LogP contribution is -2.49. The summed E-state index contributed by atoms with van der Waals surface area (Å²) in [5, 5.41) is 2.74. The summed E-state index contributed by atoms with van der Waals surface area (Å²) < 4.78 is 4.64. The minimum absolute atomic E-state index is 0.248. The number of nitrogens with one attached hydrogen (secondary N) is 1. The fourth-order valence-corrected chi connectivity index (χ4v) is 2.07. The Morgan fingerprint density at radius 1 is 1.24 bits per heavy atom. The highest BCUT2D eigenvalue weighted by Crippen LogP contribution is 2.13. The van der Waals surface area contributed by atoms with Gasteiger partial charge in [-0.1, -0.05) is 6.07 Å². The lowest BCUT2D eigenvalue weighted by molar-refractivity contribution is -0.119. The van der Waals surface area contributed by atoms with Gasteiger partial charge in [-0.2, -0.15) is 0 Å². The molecule has 1 saturated heterocycles. The number of nitrogens with zero attached hydrogens (tertiary/aromatic N) is 2. The van der Waals surface area contributed by atoms with Crippen LogP contribution < -0.4 is 5.32 Å². The van der Waals surface area contributed by atoms with Crippen LogP contribution in [0.1, 0.15) is 10.4 Å². The third kappa shape index (κ3) is 3.71. The van der Waals surface area contributed by atoms with Crippen LogP contribution in [-0.4, -0.2) is 61.5 Å². The molecule has 1 aliphatic rings. The largest absolute Gasteiger partial charge is 0.465 e. The lowest BCUT2D eigenvalue weighted by atomic mass is 10.2. The van der Waals surface area contributed by atoms with Crippen LogP contribution >= 0.6 is 0 Å². The molecule has 0 bridgehead atoms. The van der Waals surface area contributed by atoms with Crippen molar-refractivity contribution in [1.82, 2.24) is 9.80 Å². The van der Waals surface area contributed by atoms with E-state index in [1.54, 1.807) is 34.1 Å². The van der Waals surface area contributed by atoms with Gasteiger partial charge in [-0.15, -0.1) is 0 Å². The van der Waals surface area contributed by atoms with E-state index in [4.69, 9.17) is 0 Å². The smallest absolute Gasteiger partial charge is 0.337 e. The number of amides is 3. The van der Waals surface area contributed by atoms with Crippen LogP contribution in [0.25, 0.3) is 0 Å². The van der Waals surface area contributed by atoms with Crippen LogP contribution in [0.15, 0.2) is 24.3 Å². The number of rotatable bonds is 3. The predicted molar refractivity (Wildman–Crippen MR) is 76.0 cm³/mol. The van der Waals surface area contributed by atoms with Crippen LogP contribution in [0.4, 0.5) is 10.5 Å². The van der Waals surface area contributed by atoms with Crippen molar-refractivity contribution in [3.8, 4) is 0 Å². The number of hydrogen-bond donors (Lipinski definition) is 1. The monoisotopic (exact) mass is 291 g/mol. The summed E-state index contributed by atoms with van der Waals surface area (Å²) in [7, 11) is 1.31. The molecule has 0 saturated carbocycles. The highest BCUT2D eigenvalue weighted by Gasteiger charge is 2.20. The summed E-state index contributed by atoms with van der Waals surface area (Å²) in [6, 6.07) is 6.30. The molecule has 0 unspecified atom stereocenters. The molecular formula is C14H17N3O4. The summed E-state index contributed by atoms with van der Waals surface area (Å²) in [4.78, 5) is 37.4. The van der Waals surface area contributed by atoms with Gasteiger partial charge in [0.2, 0.25) is 6.41 Å². The van der Waals surface area contributed by atoms with Gasteiger partial charge in [0.15, 0.2) is 0 Å². The third-order valence-electron chi connectivity index (χ3n) is 3.29. The van der Waals surface area contributed by atoms with Crippen molar-refractivity contribution in [2.24, 2.45) is 0 Å². The fraction of sp³-hybridized carbons (Fsp3) is 0.357. The van der Waals surface area contributed by atoms with Crippen molar-refractivity contribution < 1.29 is 19.1 Å². The van der Waals surface area contributed by atoms with E-state index in [1.165, 1.54) is 7.11 Å². The lowest BCUT2D eigenvalue weighted by Gasteiger charge is -2.32. The molecule has 1 heterocycles. The number of methoxy groups -OCH3 is 1. The fourth-order valence-electron chi connectivity index (χ4n) is 2.07. The van der Waals surface area contributed by atoms with E-state index >= 15 is 0 Å². The number of ether oxygens (including phenoxy) is 1. The SMILES string of the molecule is COC(=O)c1cccc(NC(=O)N2CCN(C=O)CC2)c1. The van der Waals surface area contributed by atoms with E-state index in [0.717, 1.165) is 6.41 Å². The number of urea groups is 1. The van der Waals surface area contributed by atoms with Gasteiger partial charge in [0, 0.05) is 31.9 Å². The molecular weight excluding hydrogens is 274 g/mol. The normalized spacial score (nSPS) is 14.5. The Balaban J connectivity index is 1.97. The number of esters is 1. The van der Waals surface area contributed by atoms with Crippen LogP contribution in [0.3, 0.4) is 0 Å². The van der Waals surface area contributed by atoms with Crippen molar-refractivity contribution in [1.29, 1.82) is 0 Å². The quantitative estimate of drug-likeness (QED) is 0.659. The Kier molecular flexibility index (Phi) is 4.76. The first-order chi connectivity index (χ1) is 10.1. The third-order valence-corrected chi connectivity index (χ3v) is 3.29. The molecule has 0 aromatic heterocycles. The molecule has 7 nitrogen and oxygen atoms in total. The summed E-state index contributed by atoms with van der Waals surface area (Å²) in [5.41, 5.74) is 0.904. The molecule has 1 aromatic rings. The molecule has 2 rings (SSSR count). The molecule has 112 valence electrons. The molecule has 1 aliphatic heterocycles. The van der Waals surface area contributed by atoms with Gasteiger partial charge in [0.05, 0.1) is 12.7 Å². The van der Waals surface area contributed by atoms with Crippen molar-refractivity contribution in [3.63, 3.8) is 0 Å². The maximum Gasteiger partial charge on any atom is 0.337 e. The molecule has 3 amide bonds. The summed E-state index contributed by atoms with van der Waals surface area (Å²) in [5.74, 6) is -0.453. The number of benzene rings is 1. The van der Waals surface area contributed by atoms with Crippen LogP contribution in [0, 0.1) is 0 Å². The van der Waals surface area contributed by atoms with Gasteiger partial charge in [-0.05, 0) is 18.2 Å². The first-order valence-electron chi connectivity index (χ1n) is 6.57. The van der Waals surface area contributed by atoms with Gasteiger partial charge in [0.25, 0.3) is 0 Å². The van der Waals surface area contributed by atoms with E-state index < -0.39 is 5.97 Å². The van der Waals surface area contributed by atoms with Crippen LogP contribution in [0.5, 0.6) is 0 Å². The second kappa shape index (κ2) is 6.74. The molecule has 0 spiro atoms. The molecule has 0 atom stereocenters.